The number of halogens is 1. The summed E-state index contributed by atoms with van der Waals surface area (Å²) in [6, 6.07) is 4.38. The Labute approximate surface area is 108 Å². The van der Waals surface area contributed by atoms with Crippen molar-refractivity contribution in [1.82, 2.24) is 4.90 Å². The van der Waals surface area contributed by atoms with Gasteiger partial charge in [0.05, 0.1) is 3.79 Å². The first-order valence-corrected chi connectivity index (χ1v) is 8.17. The fourth-order valence-corrected chi connectivity index (χ4v) is 4.17. The Kier molecular flexibility index (Phi) is 4.55. The van der Waals surface area contributed by atoms with Gasteiger partial charge in [-0.15, -0.1) is 11.3 Å². The molecule has 0 aromatic carbocycles. The molecule has 2 heterocycles. The molecule has 15 heavy (non-hydrogen) atoms. The van der Waals surface area contributed by atoms with Crippen LogP contribution >= 0.6 is 39.0 Å². The smallest absolute Gasteiger partial charge is 0.0701 e. The lowest BCUT2D eigenvalue weighted by atomic mass is 10.1. The fraction of sp³-hybridized carbons (Fsp3) is 0.636. The monoisotopic (exact) mass is 305 g/mol. The van der Waals surface area contributed by atoms with E-state index in [1.807, 2.05) is 23.1 Å². The van der Waals surface area contributed by atoms with E-state index >= 15 is 0 Å². The quantitative estimate of drug-likeness (QED) is 0.835. The van der Waals surface area contributed by atoms with Gasteiger partial charge < -0.3 is 0 Å². The molecule has 0 N–H and O–H groups in total. The molecule has 0 bridgehead atoms. The van der Waals surface area contributed by atoms with Crippen molar-refractivity contribution in [3.63, 3.8) is 0 Å². The molecular weight excluding hydrogens is 290 g/mol. The van der Waals surface area contributed by atoms with Gasteiger partial charge in [-0.05, 0) is 60.2 Å². The molecule has 1 aliphatic heterocycles. The first-order chi connectivity index (χ1) is 7.28. The van der Waals surface area contributed by atoms with E-state index in [9.17, 15) is 0 Å². The van der Waals surface area contributed by atoms with Crippen molar-refractivity contribution in [2.45, 2.75) is 24.6 Å². The standard InChI is InChI=1S/C11H16BrNS2/c1-14-9-4-6-13(7-5-9)8-10-2-3-11(12)15-10/h2-3,9H,4-8H2,1H3. The number of hydrogen-bond donors (Lipinski definition) is 0. The van der Waals surface area contributed by atoms with Crippen molar-refractivity contribution in [3.05, 3.63) is 20.8 Å². The molecule has 1 nitrogen and oxygen atoms in total. The maximum Gasteiger partial charge on any atom is 0.0701 e. The van der Waals surface area contributed by atoms with Crippen LogP contribution in [-0.4, -0.2) is 29.5 Å². The lowest BCUT2D eigenvalue weighted by Gasteiger charge is -2.30. The van der Waals surface area contributed by atoms with Crippen molar-refractivity contribution in [2.75, 3.05) is 19.3 Å². The molecule has 1 fully saturated rings. The SMILES string of the molecule is CSC1CCN(Cc2ccc(Br)s2)CC1. The zero-order valence-corrected chi connectivity index (χ0v) is 12.1. The summed E-state index contributed by atoms with van der Waals surface area (Å²) >= 11 is 7.40. The van der Waals surface area contributed by atoms with E-state index in [4.69, 9.17) is 0 Å². The minimum Gasteiger partial charge on any atom is -0.298 e. The molecule has 1 aromatic heterocycles. The molecule has 0 unspecified atom stereocenters. The van der Waals surface area contributed by atoms with Gasteiger partial charge in [0.25, 0.3) is 0 Å². The summed E-state index contributed by atoms with van der Waals surface area (Å²) in [5, 5.41) is 0.899. The number of nitrogens with zero attached hydrogens (tertiary/aromatic N) is 1. The molecule has 1 saturated heterocycles. The molecule has 0 amide bonds. The van der Waals surface area contributed by atoms with Crippen molar-refractivity contribution < 1.29 is 0 Å². The molecule has 0 spiro atoms. The average molecular weight is 306 g/mol. The van der Waals surface area contributed by atoms with Gasteiger partial charge in [-0.1, -0.05) is 0 Å². The number of thioether (sulfide) groups is 1. The van der Waals surface area contributed by atoms with Gasteiger partial charge in [0.2, 0.25) is 0 Å². The summed E-state index contributed by atoms with van der Waals surface area (Å²) < 4.78 is 1.25. The Morgan fingerprint density at radius 2 is 2.20 bits per heavy atom. The Morgan fingerprint density at radius 3 is 2.73 bits per heavy atom. The predicted molar refractivity (Wildman–Crippen MR) is 73.8 cm³/mol. The topological polar surface area (TPSA) is 3.24 Å². The first kappa shape index (κ1) is 12.0. The third-order valence-corrected chi connectivity index (χ3v) is 5.62. The number of thiophene rings is 1. The molecule has 0 radical (unpaired) electrons. The summed E-state index contributed by atoms with van der Waals surface area (Å²) in [5.74, 6) is 0. The summed E-state index contributed by atoms with van der Waals surface area (Å²) in [6.45, 7) is 3.67. The van der Waals surface area contributed by atoms with E-state index < -0.39 is 0 Å². The lowest BCUT2D eigenvalue weighted by Crippen LogP contribution is -2.33. The highest BCUT2D eigenvalue weighted by Gasteiger charge is 2.18. The van der Waals surface area contributed by atoms with Crippen LogP contribution in [0.2, 0.25) is 0 Å². The zero-order valence-electron chi connectivity index (χ0n) is 8.91. The van der Waals surface area contributed by atoms with Crippen LogP contribution in [0.1, 0.15) is 17.7 Å². The van der Waals surface area contributed by atoms with Crippen molar-refractivity contribution in [1.29, 1.82) is 0 Å². The van der Waals surface area contributed by atoms with E-state index in [0.717, 1.165) is 11.8 Å². The minimum atomic E-state index is 0.899. The lowest BCUT2D eigenvalue weighted by molar-refractivity contribution is 0.227. The molecule has 0 aliphatic carbocycles. The highest BCUT2D eigenvalue weighted by atomic mass is 79.9. The molecule has 4 heteroatoms. The molecule has 1 aliphatic rings. The van der Waals surface area contributed by atoms with Gasteiger partial charge in [-0.2, -0.15) is 11.8 Å². The first-order valence-electron chi connectivity index (χ1n) is 5.27. The minimum absolute atomic E-state index is 0.899. The van der Waals surface area contributed by atoms with Gasteiger partial charge in [-0.3, -0.25) is 4.90 Å². The Balaban J connectivity index is 1.82. The number of rotatable bonds is 3. The van der Waals surface area contributed by atoms with Crippen LogP contribution in [0.15, 0.2) is 15.9 Å². The van der Waals surface area contributed by atoms with Crippen molar-refractivity contribution >= 4 is 39.0 Å². The maximum atomic E-state index is 3.51. The van der Waals surface area contributed by atoms with Crippen LogP contribution in [-0.2, 0) is 6.54 Å². The van der Waals surface area contributed by atoms with E-state index in [0.29, 0.717) is 0 Å². The van der Waals surface area contributed by atoms with E-state index in [2.05, 4.69) is 39.2 Å². The second kappa shape index (κ2) is 5.71. The van der Waals surface area contributed by atoms with E-state index in [1.54, 1.807) is 0 Å². The van der Waals surface area contributed by atoms with Crippen LogP contribution in [0.4, 0.5) is 0 Å². The van der Waals surface area contributed by atoms with Crippen molar-refractivity contribution in [2.24, 2.45) is 0 Å². The largest absolute Gasteiger partial charge is 0.298 e. The van der Waals surface area contributed by atoms with E-state index in [1.165, 1.54) is 34.6 Å². The van der Waals surface area contributed by atoms with Crippen LogP contribution in [0.25, 0.3) is 0 Å². The average Bonchev–Trinajstić information content (AvgIpc) is 2.65. The molecule has 0 atom stereocenters. The van der Waals surface area contributed by atoms with Gasteiger partial charge >= 0.3 is 0 Å². The van der Waals surface area contributed by atoms with Crippen LogP contribution in [0, 0.1) is 0 Å². The molecule has 0 saturated carbocycles. The Hall–Kier alpha value is 0.490. The third-order valence-electron chi connectivity index (χ3n) is 2.88. The van der Waals surface area contributed by atoms with Gasteiger partial charge in [0.1, 0.15) is 0 Å². The second-order valence-electron chi connectivity index (χ2n) is 3.92. The highest BCUT2D eigenvalue weighted by molar-refractivity contribution is 9.11. The van der Waals surface area contributed by atoms with Crippen LogP contribution in [0.5, 0.6) is 0 Å². The summed E-state index contributed by atoms with van der Waals surface area (Å²) in [4.78, 5) is 4.05. The molecule has 1 aromatic rings. The summed E-state index contributed by atoms with van der Waals surface area (Å²) in [7, 11) is 0. The fourth-order valence-electron chi connectivity index (χ4n) is 1.96. The second-order valence-corrected chi connectivity index (χ2v) is 7.60. The molecule has 2 rings (SSSR count). The number of piperidine rings is 1. The Bertz CT molecular complexity index is 305. The van der Waals surface area contributed by atoms with Crippen molar-refractivity contribution in [3.8, 4) is 0 Å². The van der Waals surface area contributed by atoms with Gasteiger partial charge in [0.15, 0.2) is 0 Å². The molecule has 84 valence electrons. The molecular formula is C11H16BrNS2. The number of hydrogen-bond acceptors (Lipinski definition) is 3. The summed E-state index contributed by atoms with van der Waals surface area (Å²) in [5.41, 5.74) is 0. The number of likely N-dealkylation sites (tertiary alicyclic amines) is 1. The highest BCUT2D eigenvalue weighted by Crippen LogP contribution is 2.26. The van der Waals surface area contributed by atoms with Crippen LogP contribution < -0.4 is 0 Å². The third kappa shape index (κ3) is 3.48. The van der Waals surface area contributed by atoms with Gasteiger partial charge in [0, 0.05) is 16.7 Å². The summed E-state index contributed by atoms with van der Waals surface area (Å²) in [6.07, 6.45) is 4.94. The Morgan fingerprint density at radius 1 is 1.47 bits per heavy atom. The van der Waals surface area contributed by atoms with E-state index in [-0.39, 0.29) is 0 Å². The normalized spacial score (nSPS) is 19.6. The maximum absolute atomic E-state index is 3.51. The van der Waals surface area contributed by atoms with Gasteiger partial charge in [-0.25, -0.2) is 0 Å². The predicted octanol–water partition coefficient (Wildman–Crippen LogP) is 3.84. The zero-order chi connectivity index (χ0) is 10.7. The van der Waals surface area contributed by atoms with Crippen LogP contribution in [0.3, 0.4) is 0 Å².